The molecule has 2 saturated heterocycles. The zero-order valence-corrected chi connectivity index (χ0v) is 17.7. The lowest BCUT2D eigenvalue weighted by atomic mass is 10.1. The van der Waals surface area contributed by atoms with Gasteiger partial charge in [0.1, 0.15) is 0 Å². The van der Waals surface area contributed by atoms with Gasteiger partial charge in [0.25, 0.3) is 5.91 Å². The molecule has 160 valence electrons. The highest BCUT2D eigenvalue weighted by atomic mass is 32.2. The molecular weight excluding hydrogens is 402 g/mol. The van der Waals surface area contributed by atoms with Crippen LogP contribution < -0.4 is 10.2 Å². The molecule has 0 aliphatic carbocycles. The number of hydrogen-bond donors (Lipinski definition) is 1. The van der Waals surface area contributed by atoms with Crippen LogP contribution in [-0.4, -0.2) is 58.0 Å². The maximum Gasteiger partial charge on any atom is 0.257 e. The second-order valence-corrected chi connectivity index (χ2v) is 9.50. The summed E-state index contributed by atoms with van der Waals surface area (Å²) >= 11 is 0. The molecule has 1 amide bonds. The van der Waals surface area contributed by atoms with Gasteiger partial charge in [0, 0.05) is 37.6 Å². The predicted molar refractivity (Wildman–Crippen MR) is 116 cm³/mol. The summed E-state index contributed by atoms with van der Waals surface area (Å²) in [6.45, 7) is 3.13. The summed E-state index contributed by atoms with van der Waals surface area (Å²) < 4.78 is 33.0. The Morgan fingerprint density at radius 2 is 1.60 bits per heavy atom. The zero-order chi connectivity index (χ0) is 21.0. The molecule has 0 bridgehead atoms. The number of ether oxygens (including phenoxy) is 1. The van der Waals surface area contributed by atoms with E-state index in [0.29, 0.717) is 37.6 Å². The topological polar surface area (TPSA) is 79.0 Å². The van der Waals surface area contributed by atoms with E-state index in [9.17, 15) is 13.2 Å². The van der Waals surface area contributed by atoms with Crippen LogP contribution in [0.1, 0.15) is 29.6 Å². The molecule has 0 saturated carbocycles. The lowest BCUT2D eigenvalue weighted by Crippen LogP contribution is -2.40. The third-order valence-corrected chi connectivity index (χ3v) is 7.44. The second-order valence-electron chi connectivity index (χ2n) is 7.56. The van der Waals surface area contributed by atoms with Crippen molar-refractivity contribution in [2.45, 2.75) is 24.2 Å². The molecule has 30 heavy (non-hydrogen) atoms. The van der Waals surface area contributed by atoms with Crippen LogP contribution in [0.2, 0.25) is 0 Å². The number of anilines is 2. The van der Waals surface area contributed by atoms with Gasteiger partial charge in [0.15, 0.2) is 0 Å². The van der Waals surface area contributed by atoms with Gasteiger partial charge in [-0.1, -0.05) is 18.2 Å². The van der Waals surface area contributed by atoms with E-state index in [0.717, 1.165) is 31.6 Å². The third kappa shape index (κ3) is 4.50. The Hall–Kier alpha value is -2.42. The summed E-state index contributed by atoms with van der Waals surface area (Å²) in [6.07, 6.45) is 3.30. The van der Waals surface area contributed by atoms with Gasteiger partial charge in [-0.25, -0.2) is 8.42 Å². The Balaban J connectivity index is 1.70. The van der Waals surface area contributed by atoms with Crippen LogP contribution in [0.25, 0.3) is 0 Å². The Morgan fingerprint density at radius 1 is 0.900 bits per heavy atom. The number of para-hydroxylation sites is 1. The van der Waals surface area contributed by atoms with Crippen LogP contribution in [0.3, 0.4) is 0 Å². The molecule has 0 unspecified atom stereocenters. The summed E-state index contributed by atoms with van der Waals surface area (Å²) in [5, 5.41) is 2.90. The van der Waals surface area contributed by atoms with E-state index in [1.165, 1.54) is 16.8 Å². The first-order chi connectivity index (χ1) is 14.6. The van der Waals surface area contributed by atoms with Gasteiger partial charge < -0.3 is 15.0 Å². The first kappa shape index (κ1) is 20.8. The van der Waals surface area contributed by atoms with E-state index in [2.05, 4.69) is 10.2 Å². The van der Waals surface area contributed by atoms with E-state index in [4.69, 9.17) is 4.74 Å². The molecule has 7 nitrogen and oxygen atoms in total. The van der Waals surface area contributed by atoms with Crippen LogP contribution >= 0.6 is 0 Å². The minimum absolute atomic E-state index is 0.142. The van der Waals surface area contributed by atoms with Crippen molar-refractivity contribution in [1.29, 1.82) is 0 Å². The highest BCUT2D eigenvalue weighted by molar-refractivity contribution is 7.89. The number of hydrogen-bond acceptors (Lipinski definition) is 5. The van der Waals surface area contributed by atoms with Crippen molar-refractivity contribution >= 4 is 27.3 Å². The average Bonchev–Trinajstić information content (AvgIpc) is 2.80. The fourth-order valence-corrected chi connectivity index (χ4v) is 5.36. The summed E-state index contributed by atoms with van der Waals surface area (Å²) in [4.78, 5) is 15.5. The normalized spacial score (nSPS) is 18.2. The zero-order valence-electron chi connectivity index (χ0n) is 16.9. The smallest absolute Gasteiger partial charge is 0.257 e. The van der Waals surface area contributed by atoms with E-state index in [1.54, 1.807) is 12.1 Å². The van der Waals surface area contributed by atoms with Gasteiger partial charge in [-0.15, -0.1) is 0 Å². The fourth-order valence-electron chi connectivity index (χ4n) is 3.92. The van der Waals surface area contributed by atoms with E-state index < -0.39 is 10.0 Å². The van der Waals surface area contributed by atoms with Gasteiger partial charge in [-0.2, -0.15) is 4.31 Å². The molecule has 2 heterocycles. The number of rotatable bonds is 5. The van der Waals surface area contributed by atoms with Gasteiger partial charge in [-0.05, 0) is 49.6 Å². The number of sulfonamides is 1. The molecule has 2 aliphatic heterocycles. The maximum absolute atomic E-state index is 13.2. The molecule has 0 radical (unpaired) electrons. The maximum atomic E-state index is 13.2. The van der Waals surface area contributed by atoms with Gasteiger partial charge >= 0.3 is 0 Å². The van der Waals surface area contributed by atoms with Crippen LogP contribution in [0.4, 0.5) is 11.4 Å². The van der Waals surface area contributed by atoms with Crippen molar-refractivity contribution in [2.24, 2.45) is 0 Å². The van der Waals surface area contributed by atoms with Crippen LogP contribution in [0.15, 0.2) is 53.4 Å². The van der Waals surface area contributed by atoms with Gasteiger partial charge in [0.05, 0.1) is 23.7 Å². The Kier molecular flexibility index (Phi) is 6.36. The van der Waals surface area contributed by atoms with E-state index >= 15 is 0 Å². The van der Waals surface area contributed by atoms with Crippen LogP contribution in [0.5, 0.6) is 0 Å². The largest absolute Gasteiger partial charge is 0.379 e. The molecule has 2 aliphatic rings. The lowest BCUT2D eigenvalue weighted by molar-refractivity contribution is 0.0730. The number of nitrogens with one attached hydrogen (secondary N) is 1. The Labute approximate surface area is 177 Å². The summed E-state index contributed by atoms with van der Waals surface area (Å²) in [6, 6.07) is 14.1. The van der Waals surface area contributed by atoms with Crippen molar-refractivity contribution in [3.8, 4) is 0 Å². The molecule has 0 atom stereocenters. The second kappa shape index (κ2) is 9.16. The number of benzene rings is 2. The molecule has 0 spiro atoms. The van der Waals surface area contributed by atoms with Gasteiger partial charge in [0.2, 0.25) is 10.0 Å². The number of nitrogens with zero attached hydrogens (tertiary/aromatic N) is 2. The number of amides is 1. The van der Waals surface area contributed by atoms with Crippen molar-refractivity contribution in [1.82, 2.24) is 4.31 Å². The Bertz CT molecular complexity index is 983. The first-order valence-corrected chi connectivity index (χ1v) is 11.8. The highest BCUT2D eigenvalue weighted by Crippen LogP contribution is 2.29. The standard InChI is InChI=1S/C22H27N3O4S/c26-22(23-18-7-3-1-4-8-18)20-17-19(30(27,28)25-13-15-29-16-14-25)9-10-21(20)24-11-5-2-6-12-24/h1,3-4,7-10,17H,2,5-6,11-16H2,(H,23,26). The highest BCUT2D eigenvalue weighted by Gasteiger charge is 2.29. The lowest BCUT2D eigenvalue weighted by Gasteiger charge is -2.31. The van der Waals surface area contributed by atoms with Crippen LogP contribution in [-0.2, 0) is 14.8 Å². The number of carbonyl (C=O) groups excluding carboxylic acids is 1. The summed E-state index contributed by atoms with van der Waals surface area (Å²) in [7, 11) is -3.68. The van der Waals surface area contributed by atoms with Crippen molar-refractivity contribution < 1.29 is 17.9 Å². The minimum Gasteiger partial charge on any atom is -0.379 e. The van der Waals surface area contributed by atoms with Gasteiger partial charge in [-0.3, -0.25) is 4.79 Å². The summed E-state index contributed by atoms with van der Waals surface area (Å²) in [5.74, 6) is -0.305. The fraction of sp³-hybridized carbons (Fsp3) is 0.409. The third-order valence-electron chi connectivity index (χ3n) is 5.55. The molecule has 0 aromatic heterocycles. The van der Waals surface area contributed by atoms with E-state index in [1.807, 2.05) is 30.3 Å². The first-order valence-electron chi connectivity index (χ1n) is 10.4. The molecule has 4 rings (SSSR count). The Morgan fingerprint density at radius 3 is 2.30 bits per heavy atom. The number of morpholine rings is 1. The molecule has 2 aromatic carbocycles. The molecular formula is C22H27N3O4S. The average molecular weight is 430 g/mol. The molecule has 1 N–H and O–H groups in total. The quantitative estimate of drug-likeness (QED) is 0.791. The molecule has 2 aromatic rings. The molecule has 2 fully saturated rings. The van der Waals surface area contributed by atoms with Crippen molar-refractivity contribution in [2.75, 3.05) is 49.6 Å². The molecule has 8 heteroatoms. The monoisotopic (exact) mass is 429 g/mol. The summed E-state index contributed by atoms with van der Waals surface area (Å²) in [5.41, 5.74) is 1.84. The van der Waals surface area contributed by atoms with Crippen molar-refractivity contribution in [3.63, 3.8) is 0 Å². The predicted octanol–water partition coefficient (Wildman–Crippen LogP) is 2.95. The number of carbonyl (C=O) groups is 1. The van der Waals surface area contributed by atoms with Crippen molar-refractivity contribution in [3.05, 3.63) is 54.1 Å². The van der Waals surface area contributed by atoms with E-state index in [-0.39, 0.29) is 10.8 Å². The minimum atomic E-state index is -3.68. The van der Waals surface area contributed by atoms with Crippen LogP contribution in [0, 0.1) is 0 Å². The SMILES string of the molecule is O=C(Nc1ccccc1)c1cc(S(=O)(=O)N2CCOCC2)ccc1N1CCCCC1. The number of piperidine rings is 1.